The number of nitrogens with zero attached hydrogens (tertiary/aromatic N) is 4. The van der Waals surface area contributed by atoms with E-state index in [1.54, 1.807) is 6.20 Å². The zero-order chi connectivity index (χ0) is 21.0. The highest BCUT2D eigenvalue weighted by molar-refractivity contribution is 5.58. The molecule has 0 spiro atoms. The number of aromatic nitrogens is 4. The third-order valence-corrected chi connectivity index (χ3v) is 5.13. The summed E-state index contributed by atoms with van der Waals surface area (Å²) in [5, 5.41) is 12.6. The van der Waals surface area contributed by atoms with Gasteiger partial charge >= 0.3 is 0 Å². The van der Waals surface area contributed by atoms with E-state index in [-0.39, 0.29) is 0 Å². The summed E-state index contributed by atoms with van der Waals surface area (Å²) in [7, 11) is 0. The van der Waals surface area contributed by atoms with E-state index in [0.29, 0.717) is 6.54 Å². The normalized spacial score (nSPS) is 11.1. The number of nitrogens with one attached hydrogen (secondary N) is 1. The minimum absolute atomic E-state index is 0.683. The minimum atomic E-state index is 0.683. The molecule has 6 nitrogen and oxygen atoms in total. The number of rotatable bonds is 7. The van der Waals surface area contributed by atoms with Crippen LogP contribution in [0.3, 0.4) is 0 Å². The lowest BCUT2D eigenvalue weighted by Crippen LogP contribution is -2.13. The Morgan fingerprint density at radius 3 is 2.35 bits per heavy atom. The summed E-state index contributed by atoms with van der Waals surface area (Å²) in [6, 6.07) is 24.4. The molecule has 0 saturated heterocycles. The van der Waals surface area contributed by atoms with Crippen molar-refractivity contribution < 1.29 is 4.42 Å². The Kier molecular flexibility index (Phi) is 5.21. The van der Waals surface area contributed by atoms with Gasteiger partial charge in [0.25, 0.3) is 0 Å². The van der Waals surface area contributed by atoms with Crippen molar-refractivity contribution in [2.75, 3.05) is 0 Å². The maximum atomic E-state index is 5.86. The quantitative estimate of drug-likeness (QED) is 0.415. The Bertz CT molecular complexity index is 1250. The molecule has 0 aliphatic rings. The summed E-state index contributed by atoms with van der Waals surface area (Å²) in [4.78, 5) is 0. The standard InChI is InChI=1S/C25H23N5O/c1-19-8-13-24(31-19)25-21(18-30(28-25)22-6-3-2-4-7-22)17-26-16-20-9-11-23(12-10-20)29-15-5-14-27-29/h2-15,18,26H,16-17H2,1H3. The van der Waals surface area contributed by atoms with Crippen molar-refractivity contribution in [2.24, 2.45) is 0 Å². The third kappa shape index (κ3) is 4.20. The van der Waals surface area contributed by atoms with E-state index in [9.17, 15) is 0 Å². The van der Waals surface area contributed by atoms with Gasteiger partial charge in [-0.2, -0.15) is 10.2 Å². The predicted molar refractivity (Wildman–Crippen MR) is 120 cm³/mol. The molecular weight excluding hydrogens is 386 g/mol. The fourth-order valence-corrected chi connectivity index (χ4v) is 3.55. The Hall–Kier alpha value is -3.90. The van der Waals surface area contributed by atoms with Crippen molar-refractivity contribution in [3.05, 3.63) is 108 Å². The molecule has 0 atom stereocenters. The van der Waals surface area contributed by atoms with Crippen molar-refractivity contribution in [2.45, 2.75) is 20.0 Å². The van der Waals surface area contributed by atoms with E-state index in [4.69, 9.17) is 9.52 Å². The van der Waals surface area contributed by atoms with E-state index < -0.39 is 0 Å². The zero-order valence-electron chi connectivity index (χ0n) is 17.3. The van der Waals surface area contributed by atoms with Crippen molar-refractivity contribution in [1.82, 2.24) is 24.9 Å². The molecule has 0 saturated carbocycles. The lowest BCUT2D eigenvalue weighted by Gasteiger charge is -2.06. The Morgan fingerprint density at radius 2 is 1.65 bits per heavy atom. The number of furan rings is 1. The minimum Gasteiger partial charge on any atom is -0.460 e. The van der Waals surface area contributed by atoms with Crippen LogP contribution in [0, 0.1) is 6.92 Å². The SMILES string of the molecule is Cc1ccc(-c2nn(-c3ccccc3)cc2CNCc2ccc(-n3cccn3)cc2)o1. The van der Waals surface area contributed by atoms with Gasteiger partial charge in [-0.1, -0.05) is 30.3 Å². The molecule has 31 heavy (non-hydrogen) atoms. The maximum Gasteiger partial charge on any atom is 0.154 e. The summed E-state index contributed by atoms with van der Waals surface area (Å²) in [6.45, 7) is 3.39. The zero-order valence-corrected chi connectivity index (χ0v) is 17.3. The lowest BCUT2D eigenvalue weighted by molar-refractivity contribution is 0.544. The van der Waals surface area contributed by atoms with E-state index >= 15 is 0 Å². The molecule has 154 valence electrons. The first-order valence-corrected chi connectivity index (χ1v) is 10.3. The Balaban J connectivity index is 1.33. The molecule has 0 bridgehead atoms. The summed E-state index contributed by atoms with van der Waals surface area (Å²) in [5.74, 6) is 1.66. The van der Waals surface area contributed by atoms with Crippen molar-refractivity contribution in [3.63, 3.8) is 0 Å². The smallest absolute Gasteiger partial charge is 0.154 e. The molecule has 0 aliphatic heterocycles. The van der Waals surface area contributed by atoms with Crippen LogP contribution in [-0.2, 0) is 13.1 Å². The van der Waals surface area contributed by atoms with Crippen LogP contribution in [0.5, 0.6) is 0 Å². The van der Waals surface area contributed by atoms with Crippen LogP contribution >= 0.6 is 0 Å². The molecule has 0 radical (unpaired) electrons. The van der Waals surface area contributed by atoms with Gasteiger partial charge in [0.1, 0.15) is 11.5 Å². The first-order chi connectivity index (χ1) is 15.3. The summed E-state index contributed by atoms with van der Waals surface area (Å²) >= 11 is 0. The Morgan fingerprint density at radius 1 is 0.839 bits per heavy atom. The Labute approximate surface area is 180 Å². The van der Waals surface area contributed by atoms with Gasteiger partial charge < -0.3 is 9.73 Å². The molecule has 2 aromatic carbocycles. The number of benzene rings is 2. The summed E-state index contributed by atoms with van der Waals surface area (Å²) < 4.78 is 9.62. The molecule has 0 unspecified atom stereocenters. The topological polar surface area (TPSA) is 60.8 Å². The van der Waals surface area contributed by atoms with Gasteiger partial charge in [0.15, 0.2) is 5.76 Å². The van der Waals surface area contributed by atoms with Crippen LogP contribution in [-0.4, -0.2) is 19.6 Å². The van der Waals surface area contributed by atoms with E-state index in [2.05, 4.69) is 40.9 Å². The molecule has 6 heteroatoms. The average Bonchev–Trinajstić information content (AvgIpc) is 3.56. The maximum absolute atomic E-state index is 5.86. The van der Waals surface area contributed by atoms with Crippen LogP contribution in [0.2, 0.25) is 0 Å². The van der Waals surface area contributed by atoms with Gasteiger partial charge in [-0.05, 0) is 55.0 Å². The molecule has 0 fully saturated rings. The highest BCUT2D eigenvalue weighted by Crippen LogP contribution is 2.25. The highest BCUT2D eigenvalue weighted by Gasteiger charge is 2.15. The third-order valence-electron chi connectivity index (χ3n) is 5.13. The van der Waals surface area contributed by atoms with Gasteiger partial charge in [-0.15, -0.1) is 0 Å². The van der Waals surface area contributed by atoms with E-state index in [1.165, 1.54) is 5.56 Å². The van der Waals surface area contributed by atoms with Gasteiger partial charge in [0.05, 0.1) is 11.4 Å². The van der Waals surface area contributed by atoms with Gasteiger partial charge in [-0.25, -0.2) is 9.36 Å². The average molecular weight is 409 g/mol. The second kappa shape index (κ2) is 8.45. The molecular formula is C25H23N5O. The summed E-state index contributed by atoms with van der Waals surface area (Å²) in [5.41, 5.74) is 5.23. The van der Waals surface area contributed by atoms with E-state index in [0.717, 1.165) is 40.7 Å². The molecule has 5 aromatic rings. The molecule has 3 heterocycles. The van der Waals surface area contributed by atoms with E-state index in [1.807, 2.05) is 71.0 Å². The molecule has 1 N–H and O–H groups in total. The van der Waals surface area contributed by atoms with Crippen molar-refractivity contribution in [3.8, 4) is 22.8 Å². The first kappa shape index (κ1) is 19.1. The number of aryl methyl sites for hydroxylation is 1. The first-order valence-electron chi connectivity index (χ1n) is 10.3. The van der Waals surface area contributed by atoms with Gasteiger partial charge in [0, 0.05) is 37.2 Å². The van der Waals surface area contributed by atoms with Crippen LogP contribution in [0.1, 0.15) is 16.9 Å². The largest absolute Gasteiger partial charge is 0.460 e. The fourth-order valence-electron chi connectivity index (χ4n) is 3.55. The second-order valence-electron chi connectivity index (χ2n) is 7.41. The molecule has 0 amide bonds. The molecule has 3 aromatic heterocycles. The summed E-state index contributed by atoms with van der Waals surface area (Å²) in [6.07, 6.45) is 5.79. The van der Waals surface area contributed by atoms with Crippen LogP contribution < -0.4 is 5.32 Å². The highest BCUT2D eigenvalue weighted by atomic mass is 16.3. The van der Waals surface area contributed by atoms with Crippen LogP contribution in [0.15, 0.2) is 95.8 Å². The van der Waals surface area contributed by atoms with Gasteiger partial charge in [0.2, 0.25) is 0 Å². The molecule has 5 rings (SSSR count). The van der Waals surface area contributed by atoms with Crippen molar-refractivity contribution in [1.29, 1.82) is 0 Å². The fraction of sp³-hybridized carbons (Fsp3) is 0.120. The van der Waals surface area contributed by atoms with Crippen LogP contribution in [0.4, 0.5) is 0 Å². The predicted octanol–water partition coefficient (Wildman–Crippen LogP) is 4.92. The van der Waals surface area contributed by atoms with Gasteiger partial charge in [-0.3, -0.25) is 0 Å². The van der Waals surface area contributed by atoms with Crippen molar-refractivity contribution >= 4 is 0 Å². The number of hydrogen-bond acceptors (Lipinski definition) is 4. The van der Waals surface area contributed by atoms with Crippen LogP contribution in [0.25, 0.3) is 22.8 Å². The second-order valence-corrected chi connectivity index (χ2v) is 7.41. The molecule has 0 aliphatic carbocycles. The number of hydrogen-bond donors (Lipinski definition) is 1. The monoisotopic (exact) mass is 409 g/mol. The lowest BCUT2D eigenvalue weighted by atomic mass is 10.2. The number of para-hydroxylation sites is 1.